The third-order valence-corrected chi connectivity index (χ3v) is 4.90. The quantitative estimate of drug-likeness (QED) is 0.430. The summed E-state index contributed by atoms with van der Waals surface area (Å²) in [6, 6.07) is 11.0. The zero-order chi connectivity index (χ0) is 14.9. The van der Waals surface area contributed by atoms with Gasteiger partial charge in [0.05, 0.1) is 7.85 Å². The molecule has 1 atom stereocenters. The summed E-state index contributed by atoms with van der Waals surface area (Å²) in [5.41, 5.74) is 1.53. The molecule has 0 heterocycles. The Morgan fingerprint density at radius 2 is 1.81 bits per heavy atom. The summed E-state index contributed by atoms with van der Waals surface area (Å²) in [5.74, 6) is 2.28. The van der Waals surface area contributed by atoms with Crippen molar-refractivity contribution in [2.75, 3.05) is 0 Å². The second-order valence-electron chi connectivity index (χ2n) is 6.53. The summed E-state index contributed by atoms with van der Waals surface area (Å²) in [6.07, 6.45) is 14.8. The van der Waals surface area contributed by atoms with Gasteiger partial charge in [-0.25, -0.2) is 0 Å². The van der Waals surface area contributed by atoms with Gasteiger partial charge in [-0.05, 0) is 55.4 Å². The fourth-order valence-electron chi connectivity index (χ4n) is 3.61. The van der Waals surface area contributed by atoms with Crippen molar-refractivity contribution in [2.45, 2.75) is 64.1 Å². The normalized spacial score (nSPS) is 24.2. The molecule has 1 aromatic rings. The van der Waals surface area contributed by atoms with Gasteiger partial charge < -0.3 is 0 Å². The van der Waals surface area contributed by atoms with Gasteiger partial charge in [-0.15, -0.1) is 0 Å². The highest BCUT2D eigenvalue weighted by atomic mass is 14.3. The number of rotatable bonds is 7. The van der Waals surface area contributed by atoms with Crippen molar-refractivity contribution in [1.29, 1.82) is 0 Å². The van der Waals surface area contributed by atoms with Gasteiger partial charge >= 0.3 is 0 Å². The highest BCUT2D eigenvalue weighted by Gasteiger charge is 2.20. The Labute approximate surface area is 132 Å². The van der Waals surface area contributed by atoms with E-state index < -0.39 is 0 Å². The van der Waals surface area contributed by atoms with E-state index in [0.29, 0.717) is 5.92 Å². The van der Waals surface area contributed by atoms with Crippen LogP contribution in [0.1, 0.15) is 63.4 Å². The third kappa shape index (κ3) is 5.38. The molecule has 0 aliphatic heterocycles. The Morgan fingerprint density at radius 3 is 2.43 bits per heavy atom. The van der Waals surface area contributed by atoms with Gasteiger partial charge in [0.2, 0.25) is 0 Å². The molecular weight excluding hydrogens is 251 g/mol. The molecule has 1 fully saturated rings. The van der Waals surface area contributed by atoms with Crippen LogP contribution in [0.3, 0.4) is 0 Å². The minimum absolute atomic E-state index is 0.701. The summed E-state index contributed by atoms with van der Waals surface area (Å²) in [4.78, 5) is 0. The van der Waals surface area contributed by atoms with E-state index >= 15 is 0 Å². The summed E-state index contributed by atoms with van der Waals surface area (Å²) < 4.78 is 0. The molecule has 0 aromatic heterocycles. The molecular formula is C20H29B. The molecule has 0 spiro atoms. The number of hydrogen-bond donors (Lipinski definition) is 0. The van der Waals surface area contributed by atoms with Crippen LogP contribution >= 0.6 is 0 Å². The summed E-state index contributed by atoms with van der Waals surface area (Å²) in [7, 11) is 5.72. The van der Waals surface area contributed by atoms with Crippen LogP contribution in [0.25, 0.3) is 0 Å². The predicted molar refractivity (Wildman–Crippen MR) is 93.9 cm³/mol. The zero-order valence-corrected chi connectivity index (χ0v) is 13.5. The first-order valence-electron chi connectivity index (χ1n) is 8.76. The maximum absolute atomic E-state index is 5.72. The molecule has 112 valence electrons. The fourth-order valence-corrected chi connectivity index (χ4v) is 3.61. The first-order chi connectivity index (χ1) is 10.3. The van der Waals surface area contributed by atoms with Crippen LogP contribution in [0.5, 0.6) is 0 Å². The maximum Gasteiger partial charge on any atom is 0.0653 e. The lowest BCUT2D eigenvalue weighted by Crippen LogP contribution is -2.12. The molecule has 0 N–H and O–H groups in total. The van der Waals surface area contributed by atoms with Crippen LogP contribution < -0.4 is 0 Å². The number of benzene rings is 1. The monoisotopic (exact) mass is 280 g/mol. The molecule has 1 aromatic carbocycles. The average Bonchev–Trinajstić information content (AvgIpc) is 2.54. The van der Waals surface area contributed by atoms with Crippen LogP contribution in [0.4, 0.5) is 0 Å². The fraction of sp³-hybridized carbons (Fsp3) is 0.600. The smallest absolute Gasteiger partial charge is 0.0653 e. The lowest BCUT2D eigenvalue weighted by Gasteiger charge is -2.27. The van der Waals surface area contributed by atoms with Crippen molar-refractivity contribution in [3.63, 3.8) is 0 Å². The van der Waals surface area contributed by atoms with Crippen LogP contribution in [0.2, 0.25) is 6.32 Å². The Hall–Kier alpha value is -0.975. The molecule has 2 radical (unpaired) electrons. The standard InChI is InChI=1S/C20H29B/c1-2-6-17(15-16-21)9-10-18-11-13-20(14-12-18)19-7-4-3-5-8-19/h3-5,7-10,17-18,20H,2,6,11-16H2,1H3/b10-9+. The highest BCUT2D eigenvalue weighted by Crippen LogP contribution is 2.36. The first-order valence-corrected chi connectivity index (χ1v) is 8.76. The molecule has 21 heavy (non-hydrogen) atoms. The van der Waals surface area contributed by atoms with Crippen LogP contribution in [-0.2, 0) is 0 Å². The molecule has 1 saturated carbocycles. The Kier molecular flexibility index (Phi) is 7.13. The molecule has 2 rings (SSSR count). The lowest BCUT2D eigenvalue weighted by atomic mass is 9.78. The van der Waals surface area contributed by atoms with E-state index in [1.165, 1.54) is 44.1 Å². The van der Waals surface area contributed by atoms with Crippen LogP contribution in [-0.4, -0.2) is 7.85 Å². The van der Waals surface area contributed by atoms with Gasteiger partial charge in [0, 0.05) is 0 Å². The van der Waals surface area contributed by atoms with Gasteiger partial charge in [0.1, 0.15) is 0 Å². The van der Waals surface area contributed by atoms with Crippen molar-refractivity contribution in [1.82, 2.24) is 0 Å². The average molecular weight is 280 g/mol. The molecule has 0 nitrogen and oxygen atoms in total. The van der Waals surface area contributed by atoms with E-state index in [4.69, 9.17) is 7.85 Å². The minimum atomic E-state index is 0.701. The van der Waals surface area contributed by atoms with E-state index in [9.17, 15) is 0 Å². The SMILES string of the molecule is [B]CCC(/C=C/C1CCC(c2ccccc2)CC1)CCC. The van der Waals surface area contributed by atoms with E-state index in [-0.39, 0.29) is 0 Å². The van der Waals surface area contributed by atoms with E-state index in [0.717, 1.165) is 24.6 Å². The number of allylic oxidation sites excluding steroid dienone is 2. The summed E-state index contributed by atoms with van der Waals surface area (Å²) in [5, 5.41) is 0. The lowest BCUT2D eigenvalue weighted by molar-refractivity contribution is 0.374. The number of hydrogen-bond acceptors (Lipinski definition) is 0. The second kappa shape index (κ2) is 9.13. The van der Waals surface area contributed by atoms with E-state index in [2.05, 4.69) is 49.4 Å². The van der Waals surface area contributed by atoms with Crippen molar-refractivity contribution < 1.29 is 0 Å². The molecule has 0 amide bonds. The minimum Gasteiger partial charge on any atom is -0.0881 e. The van der Waals surface area contributed by atoms with Crippen LogP contribution in [0, 0.1) is 11.8 Å². The second-order valence-corrected chi connectivity index (χ2v) is 6.53. The highest BCUT2D eigenvalue weighted by molar-refractivity contribution is 6.08. The van der Waals surface area contributed by atoms with Crippen molar-refractivity contribution in [3.05, 3.63) is 48.0 Å². The van der Waals surface area contributed by atoms with Gasteiger partial charge in [0.25, 0.3) is 0 Å². The summed E-state index contributed by atoms with van der Waals surface area (Å²) in [6.45, 7) is 2.27. The topological polar surface area (TPSA) is 0 Å². The molecule has 0 saturated heterocycles. The maximum atomic E-state index is 5.72. The molecule has 1 aliphatic rings. The first kappa shape index (κ1) is 16.4. The summed E-state index contributed by atoms with van der Waals surface area (Å²) >= 11 is 0. The Morgan fingerprint density at radius 1 is 1.10 bits per heavy atom. The molecule has 1 aliphatic carbocycles. The molecule has 0 bridgehead atoms. The van der Waals surface area contributed by atoms with Gasteiger partial charge in [-0.1, -0.05) is 68.6 Å². The van der Waals surface area contributed by atoms with Crippen molar-refractivity contribution >= 4 is 7.85 Å². The molecule has 1 heteroatoms. The Balaban J connectivity index is 1.80. The zero-order valence-electron chi connectivity index (χ0n) is 13.5. The van der Waals surface area contributed by atoms with Gasteiger partial charge in [-0.3, -0.25) is 0 Å². The molecule has 1 unspecified atom stereocenters. The van der Waals surface area contributed by atoms with Crippen LogP contribution in [0.15, 0.2) is 42.5 Å². The Bertz CT molecular complexity index is 395. The van der Waals surface area contributed by atoms with Crippen molar-refractivity contribution in [2.24, 2.45) is 11.8 Å². The predicted octanol–water partition coefficient (Wildman–Crippen LogP) is 5.91. The van der Waals surface area contributed by atoms with E-state index in [1.807, 2.05) is 0 Å². The van der Waals surface area contributed by atoms with Crippen molar-refractivity contribution in [3.8, 4) is 0 Å². The largest absolute Gasteiger partial charge is 0.0881 e. The van der Waals surface area contributed by atoms with Gasteiger partial charge in [-0.2, -0.15) is 0 Å². The third-order valence-electron chi connectivity index (χ3n) is 4.90. The van der Waals surface area contributed by atoms with E-state index in [1.54, 1.807) is 0 Å². The van der Waals surface area contributed by atoms with Gasteiger partial charge in [0.15, 0.2) is 0 Å².